The number of esters is 1. The van der Waals surface area contributed by atoms with Crippen LogP contribution in [0, 0.1) is 5.92 Å². The lowest BCUT2D eigenvalue weighted by Crippen LogP contribution is -2.39. The molecule has 1 fully saturated rings. The molecule has 0 saturated carbocycles. The average Bonchev–Trinajstić information content (AvgIpc) is 2.73. The van der Waals surface area contributed by atoms with Gasteiger partial charge in [-0.2, -0.15) is 0 Å². The number of ether oxygens (including phenoxy) is 1. The second-order valence-corrected chi connectivity index (χ2v) is 6.93. The second-order valence-electron chi connectivity index (χ2n) is 6.93. The summed E-state index contributed by atoms with van der Waals surface area (Å²) in [7, 11) is 1.31. The Morgan fingerprint density at radius 3 is 2.50 bits per heavy atom. The van der Waals surface area contributed by atoms with Gasteiger partial charge in [0.15, 0.2) is 0 Å². The number of nitrogens with one attached hydrogen (secondary N) is 1. The molecule has 1 aliphatic heterocycles. The predicted octanol–water partition coefficient (Wildman–Crippen LogP) is 2.99. The Hall–Kier alpha value is -3.22. The number of likely N-dealkylation sites (tertiary alicyclic amines) is 1. The zero-order valence-corrected chi connectivity index (χ0v) is 16.0. The van der Waals surface area contributed by atoms with Crippen LogP contribution in [0.25, 0.3) is 0 Å². The van der Waals surface area contributed by atoms with Gasteiger partial charge in [0.1, 0.15) is 11.4 Å². The lowest BCUT2D eigenvalue weighted by molar-refractivity contribution is 0.0600. The van der Waals surface area contributed by atoms with E-state index in [1.807, 2.05) is 0 Å². The van der Waals surface area contributed by atoms with Crippen LogP contribution in [-0.2, 0) is 4.74 Å². The van der Waals surface area contributed by atoms with Crippen molar-refractivity contribution in [3.63, 3.8) is 0 Å². The number of carbonyl (C=O) groups is 3. The average molecular weight is 381 g/mol. The summed E-state index contributed by atoms with van der Waals surface area (Å²) in [5.41, 5.74) is 1.33. The molecular weight excluding hydrogens is 358 g/mol. The van der Waals surface area contributed by atoms with Gasteiger partial charge in [-0.25, -0.2) is 9.78 Å². The van der Waals surface area contributed by atoms with Crippen LogP contribution in [0.4, 0.5) is 5.69 Å². The van der Waals surface area contributed by atoms with Gasteiger partial charge in [-0.15, -0.1) is 0 Å². The van der Waals surface area contributed by atoms with E-state index in [1.54, 1.807) is 47.4 Å². The van der Waals surface area contributed by atoms with Crippen LogP contribution >= 0.6 is 0 Å². The standard InChI is InChI=1S/C21H23N3O4/c1-14-5-4-12-24(13-14)20(26)18-7-3-6-17(23-18)19(25)22-16-10-8-15(9-11-16)21(27)28-2/h3,6-11,14H,4-5,12-13H2,1-2H3,(H,22,25). The Balaban J connectivity index is 1.70. The first-order chi connectivity index (χ1) is 13.5. The maximum Gasteiger partial charge on any atom is 0.337 e. The number of hydrogen-bond donors (Lipinski definition) is 1. The predicted molar refractivity (Wildman–Crippen MR) is 104 cm³/mol. The van der Waals surface area contributed by atoms with Crippen LogP contribution < -0.4 is 5.32 Å². The van der Waals surface area contributed by atoms with Gasteiger partial charge in [0.2, 0.25) is 0 Å². The molecule has 7 nitrogen and oxygen atoms in total. The number of benzene rings is 1. The Kier molecular flexibility index (Phi) is 6.03. The van der Waals surface area contributed by atoms with Crippen LogP contribution in [0.2, 0.25) is 0 Å². The molecule has 1 atom stereocenters. The van der Waals surface area contributed by atoms with E-state index in [4.69, 9.17) is 0 Å². The number of anilines is 1. The highest BCUT2D eigenvalue weighted by Crippen LogP contribution is 2.18. The van der Waals surface area contributed by atoms with Gasteiger partial charge in [0.05, 0.1) is 12.7 Å². The van der Waals surface area contributed by atoms with E-state index < -0.39 is 11.9 Å². The Bertz CT molecular complexity index is 879. The fourth-order valence-electron chi connectivity index (χ4n) is 3.22. The van der Waals surface area contributed by atoms with E-state index in [1.165, 1.54) is 7.11 Å². The molecule has 2 amide bonds. The fraction of sp³-hybridized carbons (Fsp3) is 0.333. The van der Waals surface area contributed by atoms with E-state index in [0.29, 0.717) is 30.3 Å². The Morgan fingerprint density at radius 2 is 1.82 bits per heavy atom. The van der Waals surface area contributed by atoms with Crippen LogP contribution in [0.5, 0.6) is 0 Å². The molecule has 1 aromatic heterocycles. The summed E-state index contributed by atoms with van der Waals surface area (Å²) >= 11 is 0. The maximum absolute atomic E-state index is 12.7. The highest BCUT2D eigenvalue weighted by Gasteiger charge is 2.23. The van der Waals surface area contributed by atoms with Crippen molar-refractivity contribution in [2.75, 3.05) is 25.5 Å². The van der Waals surface area contributed by atoms with Gasteiger partial charge in [-0.1, -0.05) is 13.0 Å². The van der Waals surface area contributed by atoms with Gasteiger partial charge >= 0.3 is 5.97 Å². The second kappa shape index (κ2) is 8.65. The molecular formula is C21H23N3O4. The molecule has 1 aromatic carbocycles. The summed E-state index contributed by atoms with van der Waals surface area (Å²) < 4.78 is 4.65. The summed E-state index contributed by atoms with van der Waals surface area (Å²) in [5.74, 6) is -0.550. The first-order valence-electron chi connectivity index (χ1n) is 9.24. The van der Waals surface area contributed by atoms with Crippen molar-refractivity contribution in [1.29, 1.82) is 0 Å². The zero-order chi connectivity index (χ0) is 20.1. The topological polar surface area (TPSA) is 88.6 Å². The first kappa shape index (κ1) is 19.5. The van der Waals surface area contributed by atoms with E-state index in [2.05, 4.69) is 22.0 Å². The number of amides is 2. The monoisotopic (exact) mass is 381 g/mol. The largest absolute Gasteiger partial charge is 0.465 e. The maximum atomic E-state index is 12.7. The number of methoxy groups -OCH3 is 1. The van der Waals surface area contributed by atoms with Crippen molar-refractivity contribution >= 4 is 23.5 Å². The molecule has 1 saturated heterocycles. The molecule has 0 radical (unpaired) electrons. The number of piperidine rings is 1. The quantitative estimate of drug-likeness (QED) is 0.823. The number of nitrogens with zero attached hydrogens (tertiary/aromatic N) is 2. The lowest BCUT2D eigenvalue weighted by Gasteiger charge is -2.30. The normalized spacial score (nSPS) is 16.4. The molecule has 0 aliphatic carbocycles. The first-order valence-corrected chi connectivity index (χ1v) is 9.24. The Labute approximate surface area is 163 Å². The van der Waals surface area contributed by atoms with Gasteiger partial charge in [0.25, 0.3) is 11.8 Å². The minimum absolute atomic E-state index is 0.149. The minimum Gasteiger partial charge on any atom is -0.465 e. The van der Waals surface area contributed by atoms with Crippen molar-refractivity contribution in [2.45, 2.75) is 19.8 Å². The zero-order valence-electron chi connectivity index (χ0n) is 16.0. The van der Waals surface area contributed by atoms with E-state index in [0.717, 1.165) is 12.8 Å². The number of pyridine rings is 1. The highest BCUT2D eigenvalue weighted by atomic mass is 16.5. The molecule has 2 aromatic rings. The molecule has 3 rings (SSSR count). The molecule has 7 heteroatoms. The van der Waals surface area contributed by atoms with Crippen LogP contribution in [0.3, 0.4) is 0 Å². The van der Waals surface area contributed by atoms with Crippen molar-refractivity contribution in [3.05, 3.63) is 59.4 Å². The molecule has 28 heavy (non-hydrogen) atoms. The lowest BCUT2D eigenvalue weighted by atomic mass is 10.00. The van der Waals surface area contributed by atoms with E-state index in [-0.39, 0.29) is 17.3 Å². The van der Waals surface area contributed by atoms with Gasteiger partial charge in [0, 0.05) is 18.8 Å². The number of aromatic nitrogens is 1. The molecule has 146 valence electrons. The molecule has 0 bridgehead atoms. The highest BCUT2D eigenvalue weighted by molar-refractivity contribution is 6.04. The summed E-state index contributed by atoms with van der Waals surface area (Å²) in [6.07, 6.45) is 2.10. The van der Waals surface area contributed by atoms with Crippen molar-refractivity contribution in [2.24, 2.45) is 5.92 Å². The summed E-state index contributed by atoms with van der Waals surface area (Å²) in [6.45, 7) is 3.56. The van der Waals surface area contributed by atoms with Crippen LogP contribution in [0.15, 0.2) is 42.5 Å². The van der Waals surface area contributed by atoms with Gasteiger partial charge < -0.3 is 15.0 Å². The molecule has 1 aliphatic rings. The summed E-state index contributed by atoms with van der Waals surface area (Å²) in [5, 5.41) is 2.72. The smallest absolute Gasteiger partial charge is 0.337 e. The molecule has 1 unspecified atom stereocenters. The molecule has 2 heterocycles. The summed E-state index contributed by atoms with van der Waals surface area (Å²) in [4.78, 5) is 42.7. The molecule has 0 spiro atoms. The fourth-order valence-corrected chi connectivity index (χ4v) is 3.22. The third kappa shape index (κ3) is 4.54. The van der Waals surface area contributed by atoms with Gasteiger partial charge in [-0.05, 0) is 55.2 Å². The molecule has 1 N–H and O–H groups in total. The van der Waals surface area contributed by atoms with Crippen LogP contribution in [0.1, 0.15) is 51.1 Å². The van der Waals surface area contributed by atoms with Gasteiger partial charge in [-0.3, -0.25) is 9.59 Å². The van der Waals surface area contributed by atoms with E-state index >= 15 is 0 Å². The van der Waals surface area contributed by atoms with E-state index in [9.17, 15) is 14.4 Å². The third-order valence-corrected chi connectivity index (χ3v) is 4.71. The summed E-state index contributed by atoms with van der Waals surface area (Å²) in [6, 6.07) is 11.2. The number of carbonyl (C=O) groups excluding carboxylic acids is 3. The SMILES string of the molecule is COC(=O)c1ccc(NC(=O)c2cccc(C(=O)N3CCCC(C)C3)n2)cc1. The number of rotatable bonds is 4. The van der Waals surface area contributed by atoms with Crippen LogP contribution in [-0.4, -0.2) is 47.9 Å². The van der Waals surface area contributed by atoms with Crippen molar-refractivity contribution in [3.8, 4) is 0 Å². The minimum atomic E-state index is -0.446. The Morgan fingerprint density at radius 1 is 1.11 bits per heavy atom. The number of hydrogen-bond acceptors (Lipinski definition) is 5. The third-order valence-electron chi connectivity index (χ3n) is 4.71. The van der Waals surface area contributed by atoms with Crippen molar-refractivity contribution < 1.29 is 19.1 Å². The van der Waals surface area contributed by atoms with Crippen molar-refractivity contribution in [1.82, 2.24) is 9.88 Å².